The van der Waals surface area contributed by atoms with Gasteiger partial charge in [-0.2, -0.15) is 0 Å². The van der Waals surface area contributed by atoms with E-state index in [0.717, 1.165) is 12.5 Å². The van der Waals surface area contributed by atoms with Crippen molar-refractivity contribution in [2.45, 2.75) is 46.2 Å². The largest absolute Gasteiger partial charge is 0.363 e. The van der Waals surface area contributed by atoms with Gasteiger partial charge >= 0.3 is 0 Å². The van der Waals surface area contributed by atoms with E-state index in [1.165, 1.54) is 0 Å². The molecular weight excluding hydrogens is 277 g/mol. The van der Waals surface area contributed by atoms with Crippen molar-refractivity contribution in [1.82, 2.24) is 5.32 Å². The third-order valence-corrected chi connectivity index (χ3v) is 4.24. The molecule has 2 unspecified atom stereocenters. The number of rotatable bonds is 2. The molecule has 0 spiro atoms. The molecule has 1 fully saturated rings. The Balaban J connectivity index is 2.36. The maximum atomic E-state index is 14.1. The maximum Gasteiger partial charge on any atom is 0.161 e. The molecule has 1 N–H and O–H groups in total. The van der Waals surface area contributed by atoms with Crippen LogP contribution in [0.1, 0.15) is 34.1 Å². The van der Waals surface area contributed by atoms with E-state index in [1.54, 1.807) is 0 Å². The molecule has 1 aromatic rings. The van der Waals surface area contributed by atoms with E-state index in [2.05, 4.69) is 26.1 Å². The smallest absolute Gasteiger partial charge is 0.161 e. The van der Waals surface area contributed by atoms with Gasteiger partial charge < -0.3 is 10.2 Å². The first-order valence-electron chi connectivity index (χ1n) is 7.38. The summed E-state index contributed by atoms with van der Waals surface area (Å²) in [6.07, 6.45) is 0.808. The predicted octanol–water partition coefficient (Wildman–Crippen LogP) is 3.71. The Morgan fingerprint density at radius 3 is 2.33 bits per heavy atom. The van der Waals surface area contributed by atoms with Crippen LogP contribution in [0.2, 0.25) is 0 Å². The lowest BCUT2D eigenvalue weighted by molar-refractivity contribution is 0.233. The van der Waals surface area contributed by atoms with Crippen LogP contribution >= 0.6 is 0 Å². The number of benzene rings is 1. The second-order valence-electron chi connectivity index (χ2n) is 6.76. The van der Waals surface area contributed by atoms with Gasteiger partial charge in [-0.25, -0.2) is 13.2 Å². The van der Waals surface area contributed by atoms with Crippen molar-refractivity contribution in [2.75, 3.05) is 18.0 Å². The fourth-order valence-electron chi connectivity index (χ4n) is 2.77. The summed E-state index contributed by atoms with van der Waals surface area (Å²) in [5.74, 6) is -2.86. The van der Waals surface area contributed by atoms with Crippen molar-refractivity contribution in [1.29, 1.82) is 0 Å². The summed E-state index contributed by atoms with van der Waals surface area (Å²) in [7, 11) is 0. The molecule has 0 aromatic heterocycles. The van der Waals surface area contributed by atoms with Crippen LogP contribution in [-0.4, -0.2) is 25.2 Å². The van der Waals surface area contributed by atoms with Crippen LogP contribution in [-0.2, 0) is 0 Å². The molecule has 5 heteroatoms. The molecule has 0 saturated carbocycles. The van der Waals surface area contributed by atoms with Gasteiger partial charge in [0.25, 0.3) is 0 Å². The highest BCUT2D eigenvalue weighted by Crippen LogP contribution is 2.30. The summed E-state index contributed by atoms with van der Waals surface area (Å²) in [4.78, 5) is 1.87. The molecule has 2 nitrogen and oxygen atoms in total. The third-order valence-electron chi connectivity index (χ3n) is 4.24. The molecule has 1 aliphatic heterocycles. The lowest BCUT2D eigenvalue weighted by Gasteiger charge is -2.46. The highest BCUT2D eigenvalue weighted by atomic mass is 19.2. The minimum Gasteiger partial charge on any atom is -0.363 e. The fraction of sp³-hybridized carbons (Fsp3) is 0.625. The summed E-state index contributed by atoms with van der Waals surface area (Å²) in [6, 6.07) is 1.83. The molecule has 118 valence electrons. The first-order chi connectivity index (χ1) is 9.74. The standard InChI is InChI=1S/C16H23F3N2/c1-5-10-8-20-15(16(2,3)4)9-21(10)14-7-12(18)11(17)6-13(14)19/h6-7,10,15,20H,5,8-9H2,1-4H3. The summed E-state index contributed by atoms with van der Waals surface area (Å²) in [5.41, 5.74) is 0.156. The van der Waals surface area contributed by atoms with Crippen molar-refractivity contribution in [3.8, 4) is 0 Å². The van der Waals surface area contributed by atoms with Gasteiger partial charge in [-0.05, 0) is 11.8 Å². The molecular formula is C16H23F3N2. The molecule has 2 atom stereocenters. The molecule has 0 amide bonds. The summed E-state index contributed by atoms with van der Waals surface area (Å²) in [6.45, 7) is 9.61. The van der Waals surface area contributed by atoms with E-state index in [4.69, 9.17) is 0 Å². The molecule has 21 heavy (non-hydrogen) atoms. The normalized spacial score (nSPS) is 23.5. The summed E-state index contributed by atoms with van der Waals surface area (Å²) >= 11 is 0. The Hall–Kier alpha value is -1.23. The molecule has 0 radical (unpaired) electrons. The lowest BCUT2D eigenvalue weighted by Crippen LogP contribution is -2.60. The number of hydrogen-bond donors (Lipinski definition) is 1. The molecule has 1 aromatic carbocycles. The maximum absolute atomic E-state index is 14.1. The van der Waals surface area contributed by atoms with Gasteiger partial charge in [0.05, 0.1) is 5.69 Å². The first kappa shape index (κ1) is 16.1. The van der Waals surface area contributed by atoms with Crippen LogP contribution in [0.15, 0.2) is 12.1 Å². The average molecular weight is 300 g/mol. The van der Waals surface area contributed by atoms with Crippen molar-refractivity contribution >= 4 is 5.69 Å². The average Bonchev–Trinajstić information content (AvgIpc) is 2.41. The second-order valence-corrected chi connectivity index (χ2v) is 6.76. The van der Waals surface area contributed by atoms with Gasteiger partial charge in [0.1, 0.15) is 5.82 Å². The summed E-state index contributed by atoms with van der Waals surface area (Å²) in [5, 5.41) is 3.47. The van der Waals surface area contributed by atoms with Crippen molar-refractivity contribution < 1.29 is 13.2 Å². The van der Waals surface area contributed by atoms with Crippen LogP contribution in [0.25, 0.3) is 0 Å². The fourth-order valence-corrected chi connectivity index (χ4v) is 2.77. The predicted molar refractivity (Wildman–Crippen MR) is 79.0 cm³/mol. The SMILES string of the molecule is CCC1CNC(C(C)(C)C)CN1c1cc(F)c(F)cc1F. The number of anilines is 1. The topological polar surface area (TPSA) is 15.3 Å². The van der Waals surface area contributed by atoms with E-state index in [0.29, 0.717) is 19.2 Å². The van der Waals surface area contributed by atoms with Crippen molar-refractivity contribution in [2.24, 2.45) is 5.41 Å². The second kappa shape index (κ2) is 5.87. The molecule has 0 bridgehead atoms. The van der Waals surface area contributed by atoms with E-state index in [1.807, 2.05) is 11.8 Å². The van der Waals surface area contributed by atoms with Gasteiger partial charge in [0, 0.05) is 37.3 Å². The van der Waals surface area contributed by atoms with Gasteiger partial charge in [0.2, 0.25) is 0 Å². The van der Waals surface area contributed by atoms with Crippen LogP contribution in [0.4, 0.5) is 18.9 Å². The van der Waals surface area contributed by atoms with E-state index in [-0.39, 0.29) is 23.2 Å². The summed E-state index contributed by atoms with van der Waals surface area (Å²) < 4.78 is 40.7. The molecule has 1 heterocycles. The van der Waals surface area contributed by atoms with Gasteiger partial charge in [-0.15, -0.1) is 0 Å². The number of nitrogens with one attached hydrogen (secondary N) is 1. The van der Waals surface area contributed by atoms with E-state index >= 15 is 0 Å². The van der Waals surface area contributed by atoms with Gasteiger partial charge in [-0.3, -0.25) is 0 Å². The Kier molecular flexibility index (Phi) is 4.51. The molecule has 2 rings (SSSR count). The Labute approximate surface area is 124 Å². The molecule has 0 aliphatic carbocycles. The van der Waals surface area contributed by atoms with Crippen LogP contribution < -0.4 is 10.2 Å². The monoisotopic (exact) mass is 300 g/mol. The molecule has 1 saturated heterocycles. The Morgan fingerprint density at radius 2 is 1.76 bits per heavy atom. The first-order valence-corrected chi connectivity index (χ1v) is 7.38. The highest BCUT2D eigenvalue weighted by molar-refractivity contribution is 5.50. The number of nitrogens with zero attached hydrogens (tertiary/aromatic N) is 1. The van der Waals surface area contributed by atoms with Crippen molar-refractivity contribution in [3.05, 3.63) is 29.6 Å². The zero-order valence-electron chi connectivity index (χ0n) is 13.0. The Morgan fingerprint density at radius 1 is 1.14 bits per heavy atom. The van der Waals surface area contributed by atoms with Crippen molar-refractivity contribution in [3.63, 3.8) is 0 Å². The van der Waals surface area contributed by atoms with Gasteiger partial charge in [-0.1, -0.05) is 27.7 Å². The quantitative estimate of drug-likeness (QED) is 0.838. The minimum atomic E-state index is -1.15. The zero-order valence-corrected chi connectivity index (χ0v) is 13.0. The molecule has 1 aliphatic rings. The number of piperazine rings is 1. The van der Waals surface area contributed by atoms with Crippen LogP contribution in [0.5, 0.6) is 0 Å². The highest BCUT2D eigenvalue weighted by Gasteiger charge is 2.34. The van der Waals surface area contributed by atoms with Crippen LogP contribution in [0.3, 0.4) is 0 Å². The minimum absolute atomic E-state index is 0.00596. The third kappa shape index (κ3) is 3.34. The van der Waals surface area contributed by atoms with Gasteiger partial charge in [0.15, 0.2) is 11.6 Å². The zero-order chi connectivity index (χ0) is 15.8. The van der Waals surface area contributed by atoms with E-state index in [9.17, 15) is 13.2 Å². The lowest BCUT2D eigenvalue weighted by atomic mass is 9.84. The number of hydrogen-bond acceptors (Lipinski definition) is 2. The number of halogens is 3. The Bertz CT molecular complexity index is 511. The van der Waals surface area contributed by atoms with E-state index < -0.39 is 17.5 Å². The van der Waals surface area contributed by atoms with Crippen LogP contribution in [0, 0.1) is 22.9 Å².